The number of epoxide rings is 3. The van der Waals surface area contributed by atoms with Gasteiger partial charge in [0, 0.05) is 18.1 Å². The molecule has 14 atom stereocenters. The van der Waals surface area contributed by atoms with Gasteiger partial charge in [0.1, 0.15) is 61.0 Å². The van der Waals surface area contributed by atoms with Gasteiger partial charge in [0.2, 0.25) is 0 Å². The Morgan fingerprint density at radius 3 is 2.51 bits per heavy atom. The molecule has 3 aliphatic carbocycles. The van der Waals surface area contributed by atoms with Crippen molar-refractivity contribution in [2.75, 3.05) is 20.3 Å². The number of esters is 3. The monoisotopic (exact) mass is 636 g/mol. The van der Waals surface area contributed by atoms with Crippen LogP contribution in [0.4, 0.5) is 0 Å². The maximum Gasteiger partial charge on any atom is 0.334 e. The molecule has 3 N–H and O–H groups in total. The molecule has 5 heterocycles. The van der Waals surface area contributed by atoms with Gasteiger partial charge in [-0.15, -0.1) is 0 Å². The zero-order chi connectivity index (χ0) is 31.8. The molecule has 0 amide bonds. The zero-order valence-corrected chi connectivity index (χ0v) is 25.6. The van der Waals surface area contributed by atoms with E-state index in [0.29, 0.717) is 25.9 Å². The highest BCUT2D eigenvalue weighted by Gasteiger charge is 3.01. The fourth-order valence-electron chi connectivity index (χ4n) is 9.73. The van der Waals surface area contributed by atoms with Crippen molar-refractivity contribution in [2.24, 2.45) is 17.3 Å². The number of hydrogen-bond donors (Lipinski definition) is 3. The third-order valence-electron chi connectivity index (χ3n) is 12.2. The van der Waals surface area contributed by atoms with Crippen LogP contribution in [0.3, 0.4) is 0 Å². The van der Waals surface area contributed by atoms with Crippen LogP contribution in [0.25, 0.3) is 0 Å². The minimum atomic E-state index is -1.55. The molecule has 14 nitrogen and oxygen atoms in total. The number of carbonyl (C=O) groups excluding carboxylic acids is 3. The second kappa shape index (κ2) is 9.69. The number of rotatable bonds is 8. The molecular formula is C31H40O14. The fourth-order valence-corrected chi connectivity index (χ4v) is 9.73. The molecule has 0 aromatic rings. The number of carbonyl (C=O) groups is 3. The number of fused-ring (bicyclic) bond motifs is 4. The summed E-state index contributed by atoms with van der Waals surface area (Å²) in [6, 6.07) is 0. The van der Waals surface area contributed by atoms with Gasteiger partial charge in [-0.3, -0.25) is 9.59 Å². The third kappa shape index (κ3) is 3.71. The molecule has 45 heavy (non-hydrogen) atoms. The van der Waals surface area contributed by atoms with E-state index in [9.17, 15) is 29.7 Å². The number of methoxy groups -OCH3 is 1. The summed E-state index contributed by atoms with van der Waals surface area (Å²) < 4.78 is 47.0. The lowest BCUT2D eigenvalue weighted by Gasteiger charge is -2.53. The fraction of sp³-hybridized carbons (Fsp3) is 0.839. The highest BCUT2D eigenvalue weighted by atomic mass is 16.8. The van der Waals surface area contributed by atoms with Crippen molar-refractivity contribution in [1.82, 2.24) is 0 Å². The van der Waals surface area contributed by atoms with Crippen molar-refractivity contribution < 1.29 is 67.6 Å². The van der Waals surface area contributed by atoms with E-state index in [1.807, 2.05) is 13.8 Å². The van der Waals surface area contributed by atoms with Gasteiger partial charge in [-0.05, 0) is 36.7 Å². The summed E-state index contributed by atoms with van der Waals surface area (Å²) in [5.41, 5.74) is -0.961. The average Bonchev–Trinajstić information content (AvgIpc) is 3.93. The van der Waals surface area contributed by atoms with Gasteiger partial charge in [0.15, 0.2) is 18.0 Å². The molecule has 14 heteroatoms. The molecule has 8 aliphatic rings. The van der Waals surface area contributed by atoms with E-state index in [2.05, 4.69) is 6.92 Å². The summed E-state index contributed by atoms with van der Waals surface area (Å²) in [5.74, 6) is -1.53. The largest absolute Gasteiger partial charge is 0.463 e. The first-order chi connectivity index (χ1) is 21.4. The molecule has 0 bridgehead atoms. The van der Waals surface area contributed by atoms with Crippen molar-refractivity contribution in [3.8, 4) is 0 Å². The topological polar surface area (TPSA) is 196 Å². The van der Waals surface area contributed by atoms with E-state index in [-0.39, 0.29) is 54.4 Å². The molecule has 2 spiro atoms. The number of aliphatic hydroxyl groups excluding tert-OH is 3. The Balaban J connectivity index is 0.965. The number of ether oxygens (including phenoxy) is 8. The second-order valence-corrected chi connectivity index (χ2v) is 14.3. The zero-order valence-electron chi connectivity index (χ0n) is 25.6. The van der Waals surface area contributed by atoms with Gasteiger partial charge in [-0.2, -0.15) is 0 Å². The third-order valence-corrected chi connectivity index (χ3v) is 12.2. The molecule has 6 fully saturated rings. The summed E-state index contributed by atoms with van der Waals surface area (Å²) in [6.07, 6.45) is -6.93. The lowest BCUT2D eigenvalue weighted by Crippen LogP contribution is -2.70. The van der Waals surface area contributed by atoms with Gasteiger partial charge < -0.3 is 53.2 Å². The van der Waals surface area contributed by atoms with Crippen molar-refractivity contribution in [2.45, 2.75) is 125 Å². The van der Waals surface area contributed by atoms with E-state index in [1.165, 1.54) is 7.11 Å². The van der Waals surface area contributed by atoms with E-state index < -0.39 is 72.2 Å². The van der Waals surface area contributed by atoms with Crippen LogP contribution in [0.5, 0.6) is 0 Å². The molecule has 248 valence electrons. The number of hydrogen-bond acceptors (Lipinski definition) is 14. The summed E-state index contributed by atoms with van der Waals surface area (Å²) in [4.78, 5) is 38.4. The minimum absolute atomic E-state index is 0.00884. The Kier molecular flexibility index (Phi) is 6.50. The maximum atomic E-state index is 13.4. The molecule has 4 saturated heterocycles. The first-order valence-corrected chi connectivity index (χ1v) is 15.9. The van der Waals surface area contributed by atoms with Crippen molar-refractivity contribution in [3.05, 3.63) is 11.1 Å². The Hall–Kier alpha value is -2.17. The standard InChI is InChI=1S/C31H40O14/c1-12(2)29-23(44-29)24-31(45-24)28(3)8-7-13-14(10-40-25(13)37)15(28)9-17-30(31,43-17)27(29)42-19(33)6-5-18(32)39-11-16-20(34)21(35)22(36)26(38-4)41-16/h12,15-17,20-24,26-27,34-36H,5-11H2,1-4H3/t15-,16?,17-,20+,21?,22-,23-,24-,26-,27+,28-,29-,30+,31+/m0/s1. The van der Waals surface area contributed by atoms with E-state index in [4.69, 9.17) is 37.9 Å². The quantitative estimate of drug-likeness (QED) is 0.174. The second-order valence-electron chi connectivity index (χ2n) is 14.3. The van der Waals surface area contributed by atoms with Crippen LogP contribution in [0, 0.1) is 17.3 Å². The Morgan fingerprint density at radius 2 is 1.78 bits per heavy atom. The van der Waals surface area contributed by atoms with Crippen LogP contribution >= 0.6 is 0 Å². The molecule has 8 rings (SSSR count). The van der Waals surface area contributed by atoms with Gasteiger partial charge in [-0.1, -0.05) is 20.8 Å². The lowest BCUT2D eigenvalue weighted by atomic mass is 9.46. The highest BCUT2D eigenvalue weighted by molar-refractivity contribution is 5.92. The molecule has 5 aliphatic heterocycles. The number of cyclic esters (lactones) is 1. The van der Waals surface area contributed by atoms with Gasteiger partial charge in [0.05, 0.1) is 18.9 Å². The van der Waals surface area contributed by atoms with Crippen LogP contribution in [0.1, 0.15) is 52.9 Å². The Labute approximate surface area is 259 Å². The van der Waals surface area contributed by atoms with Gasteiger partial charge in [0.25, 0.3) is 0 Å². The minimum Gasteiger partial charge on any atom is -0.463 e. The normalized spacial score (nSPS) is 51.5. The summed E-state index contributed by atoms with van der Waals surface area (Å²) in [5, 5.41) is 30.2. The maximum absolute atomic E-state index is 13.4. The van der Waals surface area contributed by atoms with Crippen LogP contribution in [0.2, 0.25) is 0 Å². The molecule has 2 unspecified atom stereocenters. The SMILES string of the molecule is CO[C@H]1OC(COC(=O)CCC(=O)O[C@@H]2[C@@]3(C(C)C)O[C@H]3[C@@H]3O[C@]34[C@]23O[C@H]3C[C@H]2C3=C(CC[C@@]24C)C(=O)OC3)[C@@H](O)C(O)[C@@H]1O. The molecule has 0 aromatic carbocycles. The lowest BCUT2D eigenvalue weighted by molar-refractivity contribution is -0.295. The first-order valence-electron chi connectivity index (χ1n) is 15.9. The molecule has 0 radical (unpaired) electrons. The van der Waals surface area contributed by atoms with Crippen LogP contribution in [-0.4, -0.2) is 125 Å². The summed E-state index contributed by atoms with van der Waals surface area (Å²) in [6.45, 7) is 6.13. The van der Waals surface area contributed by atoms with Crippen molar-refractivity contribution in [1.29, 1.82) is 0 Å². The van der Waals surface area contributed by atoms with Crippen molar-refractivity contribution >= 4 is 17.9 Å². The first kappa shape index (κ1) is 30.2. The average molecular weight is 637 g/mol. The van der Waals surface area contributed by atoms with Crippen molar-refractivity contribution in [3.63, 3.8) is 0 Å². The molecular weight excluding hydrogens is 596 g/mol. The van der Waals surface area contributed by atoms with Crippen LogP contribution in [0.15, 0.2) is 11.1 Å². The Morgan fingerprint density at radius 1 is 1.02 bits per heavy atom. The number of aliphatic hydroxyl groups is 3. The smallest absolute Gasteiger partial charge is 0.334 e. The van der Waals surface area contributed by atoms with Crippen LogP contribution in [-0.2, 0) is 52.3 Å². The Bertz CT molecular complexity index is 1360. The van der Waals surface area contributed by atoms with E-state index >= 15 is 0 Å². The summed E-state index contributed by atoms with van der Waals surface area (Å²) >= 11 is 0. The molecule has 2 saturated carbocycles. The van der Waals surface area contributed by atoms with Gasteiger partial charge in [-0.25, -0.2) is 4.79 Å². The predicted octanol–water partition coefficient (Wildman–Crippen LogP) is -0.569. The van der Waals surface area contributed by atoms with E-state index in [0.717, 1.165) is 11.1 Å². The van der Waals surface area contributed by atoms with Crippen LogP contribution < -0.4 is 0 Å². The van der Waals surface area contributed by atoms with Gasteiger partial charge >= 0.3 is 17.9 Å². The predicted molar refractivity (Wildman–Crippen MR) is 145 cm³/mol. The molecule has 0 aromatic heterocycles. The summed E-state index contributed by atoms with van der Waals surface area (Å²) in [7, 11) is 1.27. The van der Waals surface area contributed by atoms with E-state index in [1.54, 1.807) is 0 Å². The highest BCUT2D eigenvalue weighted by Crippen LogP contribution is 2.83.